The van der Waals surface area contributed by atoms with Crippen LogP contribution in [-0.2, 0) is 4.74 Å². The summed E-state index contributed by atoms with van der Waals surface area (Å²) >= 11 is 0. The fraction of sp³-hybridized carbons (Fsp3) is 0.538. The minimum atomic E-state index is -0.227. The van der Waals surface area contributed by atoms with Gasteiger partial charge in [0.25, 0.3) is 0 Å². The Morgan fingerprint density at radius 2 is 2.06 bits per heavy atom. The zero-order valence-corrected chi connectivity index (χ0v) is 10.3. The lowest BCUT2D eigenvalue weighted by molar-refractivity contribution is 0.0327. The highest BCUT2D eigenvalue weighted by atomic mass is 16.5. The summed E-state index contributed by atoms with van der Waals surface area (Å²) in [7, 11) is 0. The molecule has 0 saturated heterocycles. The van der Waals surface area contributed by atoms with Crippen LogP contribution in [0.4, 0.5) is 0 Å². The molecule has 1 aromatic carbocycles. The van der Waals surface area contributed by atoms with Gasteiger partial charge in [0, 0.05) is 13.0 Å². The largest absolute Gasteiger partial charge is 0.490 e. The van der Waals surface area contributed by atoms with E-state index in [0.29, 0.717) is 19.8 Å². The molecule has 5 heteroatoms. The summed E-state index contributed by atoms with van der Waals surface area (Å²) in [5.41, 5.74) is 6.61. The lowest BCUT2D eigenvalue weighted by Crippen LogP contribution is -2.17. The predicted molar refractivity (Wildman–Crippen MR) is 66.9 cm³/mol. The number of rotatable bonds is 5. The quantitative estimate of drug-likeness (QED) is 0.814. The zero-order chi connectivity index (χ0) is 12.8. The molecule has 5 nitrogen and oxygen atoms in total. The first-order valence-electron chi connectivity index (χ1n) is 6.17. The molecule has 0 saturated carbocycles. The summed E-state index contributed by atoms with van der Waals surface area (Å²) in [5, 5.41) is 8.78. The number of benzene rings is 1. The van der Waals surface area contributed by atoms with Gasteiger partial charge in [0.2, 0.25) is 0 Å². The standard InChI is InChI=1S/C13H19NO4/c14-9-13(18-7-4-15)10-2-3-11-12(8-10)17-6-1-5-16-11/h2-3,8,13,15H,1,4-7,9,14H2. The maximum atomic E-state index is 8.78. The average Bonchev–Trinajstić information content (AvgIpc) is 2.64. The van der Waals surface area contributed by atoms with Crippen molar-refractivity contribution < 1.29 is 19.3 Å². The van der Waals surface area contributed by atoms with E-state index in [1.54, 1.807) is 0 Å². The molecule has 0 bridgehead atoms. The van der Waals surface area contributed by atoms with Crippen LogP contribution in [-0.4, -0.2) is 38.1 Å². The lowest BCUT2D eigenvalue weighted by atomic mass is 10.1. The summed E-state index contributed by atoms with van der Waals surface area (Å²) in [4.78, 5) is 0. The Kier molecular flexibility index (Phi) is 4.81. The molecule has 0 aromatic heterocycles. The first-order valence-corrected chi connectivity index (χ1v) is 6.17. The molecule has 1 atom stereocenters. The summed E-state index contributed by atoms with van der Waals surface area (Å²) < 4.78 is 16.7. The molecule has 0 radical (unpaired) electrons. The minimum Gasteiger partial charge on any atom is -0.490 e. The molecule has 18 heavy (non-hydrogen) atoms. The second-order valence-corrected chi connectivity index (χ2v) is 4.08. The van der Waals surface area contributed by atoms with Crippen LogP contribution in [0.3, 0.4) is 0 Å². The normalized spacial score (nSPS) is 16.1. The van der Waals surface area contributed by atoms with E-state index < -0.39 is 0 Å². The minimum absolute atomic E-state index is 0.0128. The van der Waals surface area contributed by atoms with Crippen molar-refractivity contribution >= 4 is 0 Å². The molecule has 0 spiro atoms. The fourth-order valence-electron chi connectivity index (χ4n) is 1.88. The van der Waals surface area contributed by atoms with Crippen molar-refractivity contribution in [2.75, 3.05) is 33.0 Å². The molecule has 3 N–H and O–H groups in total. The highest BCUT2D eigenvalue weighted by Crippen LogP contribution is 2.32. The van der Waals surface area contributed by atoms with Crippen LogP contribution >= 0.6 is 0 Å². The average molecular weight is 253 g/mol. The van der Waals surface area contributed by atoms with Gasteiger partial charge in [-0.15, -0.1) is 0 Å². The molecule has 100 valence electrons. The Balaban J connectivity index is 2.15. The molecule has 0 amide bonds. The Bertz CT molecular complexity index is 383. The van der Waals surface area contributed by atoms with Crippen molar-refractivity contribution in [3.05, 3.63) is 23.8 Å². The van der Waals surface area contributed by atoms with Crippen molar-refractivity contribution in [1.29, 1.82) is 0 Å². The van der Waals surface area contributed by atoms with Crippen LogP contribution in [0.25, 0.3) is 0 Å². The maximum absolute atomic E-state index is 8.78. The number of aliphatic hydroxyl groups excluding tert-OH is 1. The van der Waals surface area contributed by atoms with E-state index in [1.807, 2.05) is 18.2 Å². The Hall–Kier alpha value is -1.30. The first-order chi connectivity index (χ1) is 8.85. The van der Waals surface area contributed by atoms with Gasteiger partial charge in [-0.05, 0) is 17.7 Å². The maximum Gasteiger partial charge on any atom is 0.161 e. The molecule has 1 heterocycles. The monoisotopic (exact) mass is 253 g/mol. The van der Waals surface area contributed by atoms with E-state index >= 15 is 0 Å². The number of ether oxygens (including phenoxy) is 3. The van der Waals surface area contributed by atoms with Gasteiger partial charge < -0.3 is 25.1 Å². The second kappa shape index (κ2) is 6.58. The van der Waals surface area contributed by atoms with E-state index in [-0.39, 0.29) is 19.3 Å². The van der Waals surface area contributed by atoms with Gasteiger partial charge in [0.05, 0.1) is 32.5 Å². The fourth-order valence-corrected chi connectivity index (χ4v) is 1.88. The van der Waals surface area contributed by atoms with E-state index in [2.05, 4.69) is 0 Å². The third-order valence-electron chi connectivity index (χ3n) is 2.77. The van der Waals surface area contributed by atoms with Gasteiger partial charge in [0.15, 0.2) is 11.5 Å². The smallest absolute Gasteiger partial charge is 0.161 e. The van der Waals surface area contributed by atoms with Crippen LogP contribution in [0.15, 0.2) is 18.2 Å². The van der Waals surface area contributed by atoms with Crippen LogP contribution in [0.2, 0.25) is 0 Å². The van der Waals surface area contributed by atoms with E-state index in [1.165, 1.54) is 0 Å². The number of hydrogen-bond acceptors (Lipinski definition) is 5. The van der Waals surface area contributed by atoms with E-state index in [9.17, 15) is 0 Å². The van der Waals surface area contributed by atoms with Gasteiger partial charge in [-0.2, -0.15) is 0 Å². The number of nitrogens with two attached hydrogens (primary N) is 1. The topological polar surface area (TPSA) is 73.9 Å². The third kappa shape index (κ3) is 3.13. The highest BCUT2D eigenvalue weighted by Gasteiger charge is 2.15. The summed E-state index contributed by atoms with van der Waals surface area (Å²) in [6, 6.07) is 5.69. The molecule has 0 fully saturated rings. The van der Waals surface area contributed by atoms with Crippen LogP contribution in [0, 0.1) is 0 Å². The molecule has 0 aliphatic carbocycles. The number of hydrogen-bond donors (Lipinski definition) is 2. The molecule has 1 aromatic rings. The molecule has 1 unspecified atom stereocenters. The number of fused-ring (bicyclic) bond motifs is 1. The Morgan fingerprint density at radius 3 is 2.78 bits per heavy atom. The van der Waals surface area contributed by atoms with Gasteiger partial charge in [-0.1, -0.05) is 6.07 Å². The third-order valence-corrected chi connectivity index (χ3v) is 2.77. The zero-order valence-electron chi connectivity index (χ0n) is 10.3. The molecule has 1 aliphatic heterocycles. The van der Waals surface area contributed by atoms with Crippen LogP contribution in [0.5, 0.6) is 11.5 Å². The van der Waals surface area contributed by atoms with Crippen LogP contribution < -0.4 is 15.2 Å². The lowest BCUT2D eigenvalue weighted by Gasteiger charge is -2.17. The van der Waals surface area contributed by atoms with Gasteiger partial charge >= 0.3 is 0 Å². The Morgan fingerprint density at radius 1 is 1.28 bits per heavy atom. The molecular weight excluding hydrogens is 234 g/mol. The summed E-state index contributed by atoms with van der Waals surface area (Å²) in [6.07, 6.45) is 0.653. The molecular formula is C13H19NO4. The van der Waals surface area contributed by atoms with E-state index in [4.69, 9.17) is 25.1 Å². The first kappa shape index (κ1) is 13.1. The van der Waals surface area contributed by atoms with Crippen molar-refractivity contribution in [3.8, 4) is 11.5 Å². The van der Waals surface area contributed by atoms with Gasteiger partial charge in [0.1, 0.15) is 0 Å². The van der Waals surface area contributed by atoms with Crippen molar-refractivity contribution in [1.82, 2.24) is 0 Å². The SMILES string of the molecule is NCC(OCCO)c1ccc2c(c1)OCCCO2. The Labute approximate surface area is 106 Å². The van der Waals surface area contributed by atoms with Crippen molar-refractivity contribution in [3.63, 3.8) is 0 Å². The van der Waals surface area contributed by atoms with Crippen LogP contribution in [0.1, 0.15) is 18.1 Å². The summed E-state index contributed by atoms with van der Waals surface area (Å²) in [5.74, 6) is 1.49. The van der Waals surface area contributed by atoms with Crippen molar-refractivity contribution in [2.45, 2.75) is 12.5 Å². The van der Waals surface area contributed by atoms with E-state index in [0.717, 1.165) is 23.5 Å². The van der Waals surface area contributed by atoms with Gasteiger partial charge in [-0.25, -0.2) is 0 Å². The van der Waals surface area contributed by atoms with Gasteiger partial charge in [-0.3, -0.25) is 0 Å². The second-order valence-electron chi connectivity index (χ2n) is 4.08. The molecule has 2 rings (SSSR count). The van der Waals surface area contributed by atoms with Crippen molar-refractivity contribution in [2.24, 2.45) is 5.73 Å². The molecule has 1 aliphatic rings. The highest BCUT2D eigenvalue weighted by molar-refractivity contribution is 5.44. The predicted octanol–water partition coefficient (Wildman–Crippen LogP) is 0.857. The summed E-state index contributed by atoms with van der Waals surface area (Å²) in [6.45, 7) is 1.95. The number of aliphatic hydroxyl groups is 1.